The van der Waals surface area contributed by atoms with Crippen molar-refractivity contribution in [3.8, 4) is 0 Å². The molecule has 1 aliphatic heterocycles. The summed E-state index contributed by atoms with van der Waals surface area (Å²) in [5.74, 6) is -0.0308. The number of nitrogens with one attached hydrogen (secondary N) is 1. The van der Waals surface area contributed by atoms with Crippen LogP contribution in [-0.4, -0.2) is 23.0 Å². The molecule has 0 radical (unpaired) electrons. The van der Waals surface area contributed by atoms with E-state index in [-0.39, 0.29) is 11.7 Å². The monoisotopic (exact) mass is 315 g/mol. The fraction of sp³-hybridized carbons (Fsp3) is 0.100. The van der Waals surface area contributed by atoms with Crippen LogP contribution in [0, 0.1) is 5.82 Å². The Hall–Kier alpha value is -1.21. The highest BCUT2D eigenvalue weighted by Crippen LogP contribution is 2.15. The van der Waals surface area contributed by atoms with Gasteiger partial charge in [-0.15, -0.1) is 5.10 Å². The van der Waals surface area contributed by atoms with Crippen LogP contribution in [-0.2, 0) is 4.79 Å². The fourth-order valence-corrected chi connectivity index (χ4v) is 2.15. The third-order valence-corrected chi connectivity index (χ3v) is 3.36. The SMILES string of the molecule is O=C1CSC(=NN=Cc2ccc(F)c(Br)c2)N1. The lowest BCUT2D eigenvalue weighted by molar-refractivity contribution is -0.116. The molecule has 0 unspecified atom stereocenters. The molecule has 88 valence electrons. The maximum atomic E-state index is 12.9. The Bertz CT molecular complexity index is 518. The number of thioether (sulfide) groups is 1. The van der Waals surface area contributed by atoms with Crippen LogP contribution >= 0.6 is 27.7 Å². The molecule has 1 fully saturated rings. The molecule has 1 amide bonds. The van der Waals surface area contributed by atoms with Crippen LogP contribution in [0.4, 0.5) is 4.39 Å². The van der Waals surface area contributed by atoms with Gasteiger partial charge >= 0.3 is 0 Å². The van der Waals surface area contributed by atoms with Gasteiger partial charge in [0.25, 0.3) is 0 Å². The summed E-state index contributed by atoms with van der Waals surface area (Å²) in [5, 5.41) is 10.7. The maximum absolute atomic E-state index is 12.9. The van der Waals surface area contributed by atoms with E-state index >= 15 is 0 Å². The normalized spacial score (nSPS) is 18.0. The van der Waals surface area contributed by atoms with Gasteiger partial charge in [-0.3, -0.25) is 4.79 Å². The van der Waals surface area contributed by atoms with E-state index in [1.54, 1.807) is 12.1 Å². The Balaban J connectivity index is 2.05. The predicted molar refractivity (Wildman–Crippen MR) is 69.7 cm³/mol. The quantitative estimate of drug-likeness (QED) is 0.671. The summed E-state index contributed by atoms with van der Waals surface area (Å²) in [6.45, 7) is 0. The fourth-order valence-electron chi connectivity index (χ4n) is 1.12. The Morgan fingerprint density at radius 1 is 1.53 bits per heavy atom. The van der Waals surface area contributed by atoms with Crippen molar-refractivity contribution in [3.63, 3.8) is 0 Å². The Morgan fingerprint density at radius 3 is 3.00 bits per heavy atom. The number of carbonyl (C=O) groups is 1. The first-order valence-corrected chi connectivity index (χ1v) is 6.42. The Labute approximate surface area is 110 Å². The van der Waals surface area contributed by atoms with E-state index in [2.05, 4.69) is 31.4 Å². The van der Waals surface area contributed by atoms with Crippen molar-refractivity contribution in [2.45, 2.75) is 0 Å². The minimum Gasteiger partial charge on any atom is -0.303 e. The molecular formula is C10H7BrFN3OS. The molecule has 0 saturated carbocycles. The van der Waals surface area contributed by atoms with Gasteiger partial charge in [0.1, 0.15) is 5.82 Å². The zero-order chi connectivity index (χ0) is 12.3. The Morgan fingerprint density at radius 2 is 2.35 bits per heavy atom. The van der Waals surface area contributed by atoms with Gasteiger partial charge in [0.15, 0.2) is 5.17 Å². The molecule has 0 spiro atoms. The van der Waals surface area contributed by atoms with Crippen molar-refractivity contribution in [2.24, 2.45) is 10.2 Å². The molecule has 1 aromatic carbocycles. The van der Waals surface area contributed by atoms with E-state index in [4.69, 9.17) is 0 Å². The largest absolute Gasteiger partial charge is 0.303 e. The maximum Gasteiger partial charge on any atom is 0.236 e. The molecule has 0 aliphatic carbocycles. The van der Waals surface area contributed by atoms with Crippen molar-refractivity contribution in [1.82, 2.24) is 5.32 Å². The third-order valence-electron chi connectivity index (χ3n) is 1.89. The van der Waals surface area contributed by atoms with Crippen LogP contribution in [0.15, 0.2) is 32.9 Å². The molecule has 7 heteroatoms. The third kappa shape index (κ3) is 3.37. The van der Waals surface area contributed by atoms with Gasteiger partial charge in [0.2, 0.25) is 5.91 Å². The molecule has 1 heterocycles. The summed E-state index contributed by atoms with van der Waals surface area (Å²) < 4.78 is 13.3. The highest BCUT2D eigenvalue weighted by molar-refractivity contribution is 9.10. The first-order valence-electron chi connectivity index (χ1n) is 4.64. The number of benzene rings is 1. The molecule has 0 bridgehead atoms. The van der Waals surface area contributed by atoms with Crippen molar-refractivity contribution in [1.29, 1.82) is 0 Å². The standard InChI is InChI=1S/C10H7BrFN3OS/c11-7-3-6(1-2-8(7)12)4-13-15-10-14-9(16)5-17-10/h1-4H,5H2,(H,14,15,16). The van der Waals surface area contributed by atoms with E-state index in [9.17, 15) is 9.18 Å². The summed E-state index contributed by atoms with van der Waals surface area (Å²) in [7, 11) is 0. The predicted octanol–water partition coefficient (Wildman–Crippen LogP) is 2.14. The van der Waals surface area contributed by atoms with Gasteiger partial charge < -0.3 is 5.32 Å². The number of amides is 1. The van der Waals surface area contributed by atoms with Crippen molar-refractivity contribution < 1.29 is 9.18 Å². The second-order valence-electron chi connectivity index (χ2n) is 3.16. The molecule has 1 saturated heterocycles. The number of amidine groups is 1. The number of rotatable bonds is 2. The average molecular weight is 316 g/mol. The first-order chi connectivity index (χ1) is 8.15. The number of hydrogen-bond acceptors (Lipinski definition) is 4. The van der Waals surface area contributed by atoms with Crippen LogP contribution in [0.1, 0.15) is 5.56 Å². The van der Waals surface area contributed by atoms with Crippen LogP contribution in [0.25, 0.3) is 0 Å². The molecule has 2 rings (SSSR count). The van der Waals surface area contributed by atoms with Gasteiger partial charge in [-0.25, -0.2) is 4.39 Å². The van der Waals surface area contributed by atoms with Gasteiger partial charge in [0, 0.05) is 0 Å². The van der Waals surface area contributed by atoms with Crippen molar-refractivity contribution in [2.75, 3.05) is 5.75 Å². The molecule has 1 aliphatic rings. The lowest BCUT2D eigenvalue weighted by Gasteiger charge is -1.95. The van der Waals surface area contributed by atoms with Crippen LogP contribution in [0.3, 0.4) is 0 Å². The van der Waals surface area contributed by atoms with Crippen molar-refractivity contribution in [3.05, 3.63) is 34.1 Å². The van der Waals surface area contributed by atoms with Gasteiger partial charge in [0.05, 0.1) is 16.4 Å². The highest BCUT2D eigenvalue weighted by Gasteiger charge is 2.15. The zero-order valence-corrected chi connectivity index (χ0v) is 10.9. The number of hydrogen-bond donors (Lipinski definition) is 1. The summed E-state index contributed by atoms with van der Waals surface area (Å²) in [5.41, 5.74) is 0.719. The molecule has 0 atom stereocenters. The minimum absolute atomic E-state index is 0.0755. The van der Waals surface area contributed by atoms with Gasteiger partial charge in [-0.05, 0) is 33.6 Å². The summed E-state index contributed by atoms with van der Waals surface area (Å²) in [4.78, 5) is 10.9. The topological polar surface area (TPSA) is 53.8 Å². The molecule has 4 nitrogen and oxygen atoms in total. The summed E-state index contributed by atoms with van der Waals surface area (Å²) in [6.07, 6.45) is 1.49. The molecule has 0 aromatic heterocycles. The van der Waals surface area contributed by atoms with Crippen LogP contribution < -0.4 is 5.32 Å². The molecule has 1 aromatic rings. The molecule has 17 heavy (non-hydrogen) atoms. The Kier molecular flexibility index (Phi) is 3.90. The zero-order valence-electron chi connectivity index (χ0n) is 8.48. The second kappa shape index (κ2) is 5.42. The highest BCUT2D eigenvalue weighted by atomic mass is 79.9. The van der Waals surface area contributed by atoms with Gasteiger partial charge in [-0.1, -0.05) is 17.8 Å². The lowest BCUT2D eigenvalue weighted by Crippen LogP contribution is -2.19. The minimum atomic E-state index is -0.327. The molecular weight excluding hydrogens is 309 g/mol. The van der Waals surface area contributed by atoms with E-state index < -0.39 is 0 Å². The summed E-state index contributed by atoms with van der Waals surface area (Å²) >= 11 is 4.38. The summed E-state index contributed by atoms with van der Waals surface area (Å²) in [6, 6.07) is 4.52. The average Bonchev–Trinajstić information content (AvgIpc) is 2.70. The number of carbonyl (C=O) groups excluding carboxylic acids is 1. The van der Waals surface area contributed by atoms with Gasteiger partial charge in [-0.2, -0.15) is 5.10 Å². The smallest absolute Gasteiger partial charge is 0.236 e. The van der Waals surface area contributed by atoms with Crippen molar-refractivity contribution >= 4 is 45.0 Å². The lowest BCUT2D eigenvalue weighted by atomic mass is 10.2. The van der Waals surface area contributed by atoms with E-state index in [0.29, 0.717) is 15.4 Å². The second-order valence-corrected chi connectivity index (χ2v) is 4.98. The van der Waals surface area contributed by atoms with Crippen LogP contribution in [0.5, 0.6) is 0 Å². The van der Waals surface area contributed by atoms with Crippen LogP contribution in [0.2, 0.25) is 0 Å². The van der Waals surface area contributed by atoms with E-state index in [1.807, 2.05) is 0 Å². The van der Waals surface area contributed by atoms with E-state index in [1.165, 1.54) is 24.0 Å². The molecule has 1 N–H and O–H groups in total. The van der Waals surface area contributed by atoms with E-state index in [0.717, 1.165) is 5.56 Å². The number of halogens is 2. The number of nitrogens with zero attached hydrogens (tertiary/aromatic N) is 2. The first kappa shape index (κ1) is 12.3.